The van der Waals surface area contributed by atoms with Crippen molar-refractivity contribution >= 4 is 33.3 Å². The molecule has 0 saturated carbocycles. The van der Waals surface area contributed by atoms with Gasteiger partial charge in [-0.25, -0.2) is 4.99 Å². The summed E-state index contributed by atoms with van der Waals surface area (Å²) in [4.78, 5) is 27.8. The van der Waals surface area contributed by atoms with Crippen molar-refractivity contribution in [1.29, 1.82) is 0 Å². The van der Waals surface area contributed by atoms with Gasteiger partial charge >= 0.3 is 0 Å². The van der Waals surface area contributed by atoms with Crippen molar-refractivity contribution in [3.8, 4) is 0 Å². The monoisotopic (exact) mass is 317 g/mol. The fourth-order valence-corrected chi connectivity index (χ4v) is 2.22. The number of carbonyl (C=O) groups excluding carboxylic acids is 2. The first kappa shape index (κ1) is 13.6. The summed E-state index contributed by atoms with van der Waals surface area (Å²) in [6.45, 7) is 3.47. The number of hydrogen-bond donors (Lipinski definition) is 0. The van der Waals surface area contributed by atoms with Crippen molar-refractivity contribution in [3.05, 3.63) is 57.6 Å². The minimum atomic E-state index is -0.311. The molecule has 1 aliphatic carbocycles. The summed E-state index contributed by atoms with van der Waals surface area (Å²) >= 11 is 3.24. The molecule has 0 radical (unpaired) electrons. The Hall–Kier alpha value is -1.81. The zero-order chi connectivity index (χ0) is 14.0. The number of nitrogens with zero attached hydrogens (tertiary/aromatic N) is 1. The first-order chi connectivity index (χ1) is 9.00. The molecule has 1 aromatic carbocycles. The highest BCUT2D eigenvalue weighted by atomic mass is 79.9. The van der Waals surface area contributed by atoms with E-state index in [9.17, 15) is 9.59 Å². The van der Waals surface area contributed by atoms with E-state index in [0.717, 1.165) is 0 Å². The van der Waals surface area contributed by atoms with Gasteiger partial charge in [0.2, 0.25) is 0 Å². The quantitative estimate of drug-likeness (QED) is 0.744. The van der Waals surface area contributed by atoms with Crippen LogP contribution in [0.5, 0.6) is 0 Å². The highest BCUT2D eigenvalue weighted by Gasteiger charge is 2.21. The Morgan fingerprint density at radius 3 is 2.42 bits per heavy atom. The molecule has 0 unspecified atom stereocenters. The first-order valence-corrected chi connectivity index (χ1v) is 6.58. The minimum absolute atomic E-state index is 0.0661. The summed E-state index contributed by atoms with van der Waals surface area (Å²) in [5.74, 6) is -0.378. The molecule has 0 saturated heterocycles. The summed E-state index contributed by atoms with van der Waals surface area (Å²) in [5, 5.41) is 0. The van der Waals surface area contributed by atoms with Crippen molar-refractivity contribution in [2.45, 2.75) is 13.8 Å². The molecule has 1 amide bonds. The maximum absolute atomic E-state index is 12.0. The molecule has 0 aliphatic heterocycles. The molecule has 0 heterocycles. The minimum Gasteiger partial charge on any atom is -0.288 e. The molecule has 0 bridgehead atoms. The largest absolute Gasteiger partial charge is 0.288 e. The van der Waals surface area contributed by atoms with Gasteiger partial charge in [-0.1, -0.05) is 18.2 Å². The summed E-state index contributed by atoms with van der Waals surface area (Å²) in [5.41, 5.74) is 2.30. The van der Waals surface area contributed by atoms with Gasteiger partial charge in [-0.05, 0) is 59.1 Å². The molecule has 0 spiro atoms. The van der Waals surface area contributed by atoms with Crippen molar-refractivity contribution in [3.63, 3.8) is 0 Å². The van der Waals surface area contributed by atoms with Gasteiger partial charge < -0.3 is 0 Å². The third kappa shape index (κ3) is 2.79. The Kier molecular flexibility index (Phi) is 3.90. The summed E-state index contributed by atoms with van der Waals surface area (Å²) in [6.07, 6.45) is 1.64. The van der Waals surface area contributed by atoms with Crippen LogP contribution in [0, 0.1) is 0 Å². The van der Waals surface area contributed by atoms with Crippen LogP contribution in [0.1, 0.15) is 24.2 Å². The molecule has 1 aromatic rings. The predicted octanol–water partition coefficient (Wildman–Crippen LogP) is 3.47. The predicted molar refractivity (Wildman–Crippen MR) is 78.6 cm³/mol. The van der Waals surface area contributed by atoms with Crippen LogP contribution in [0.2, 0.25) is 0 Å². The van der Waals surface area contributed by atoms with Gasteiger partial charge in [0, 0.05) is 5.56 Å². The number of halogens is 1. The molecule has 0 fully saturated rings. The molecule has 96 valence electrons. The Balaban J connectivity index is 2.39. The number of allylic oxidation sites excluding steroid dienone is 4. The number of hydrogen-bond acceptors (Lipinski definition) is 2. The number of carbonyl (C=O) groups is 2. The second-order valence-corrected chi connectivity index (χ2v) is 5.06. The van der Waals surface area contributed by atoms with Gasteiger partial charge in [-0.15, -0.1) is 0 Å². The third-order valence-corrected chi connectivity index (χ3v) is 3.82. The van der Waals surface area contributed by atoms with Crippen molar-refractivity contribution in [1.82, 2.24) is 0 Å². The number of Topliss-reactive ketones (excluding diaryl/α,β-unsaturated/α-hetero) is 1. The zero-order valence-corrected chi connectivity index (χ0v) is 12.2. The van der Waals surface area contributed by atoms with Crippen LogP contribution in [0.3, 0.4) is 0 Å². The van der Waals surface area contributed by atoms with Crippen molar-refractivity contribution < 1.29 is 9.59 Å². The molecular weight excluding hydrogens is 306 g/mol. The molecule has 19 heavy (non-hydrogen) atoms. The van der Waals surface area contributed by atoms with E-state index in [0.29, 0.717) is 26.9 Å². The average Bonchev–Trinajstić information content (AvgIpc) is 2.43. The highest BCUT2D eigenvalue weighted by Crippen LogP contribution is 2.24. The Bertz CT molecular complexity index is 639. The molecule has 0 aromatic heterocycles. The van der Waals surface area contributed by atoms with Crippen LogP contribution in [0.15, 0.2) is 57.0 Å². The lowest BCUT2D eigenvalue weighted by atomic mass is 9.98. The summed E-state index contributed by atoms with van der Waals surface area (Å²) in [6, 6.07) is 8.85. The van der Waals surface area contributed by atoms with E-state index in [4.69, 9.17) is 0 Å². The van der Waals surface area contributed by atoms with Crippen molar-refractivity contribution in [2.24, 2.45) is 4.99 Å². The SMILES string of the molecule is CC1=CC(=NC(=O)c2ccccc2)C(C)=C(Br)C1=O. The van der Waals surface area contributed by atoms with Gasteiger partial charge in [0.1, 0.15) is 0 Å². The van der Waals surface area contributed by atoms with E-state index in [1.807, 2.05) is 6.07 Å². The molecule has 0 atom stereocenters. The van der Waals surface area contributed by atoms with Crippen LogP contribution >= 0.6 is 15.9 Å². The number of ketones is 1. The second-order valence-electron chi connectivity index (χ2n) is 4.26. The standard InChI is InChI=1S/C15H12BrNO2/c1-9-8-12(10(2)13(16)14(9)18)17-15(19)11-6-4-3-5-7-11/h3-8H,1-2H3. The zero-order valence-electron chi connectivity index (χ0n) is 10.6. The highest BCUT2D eigenvalue weighted by molar-refractivity contribution is 9.12. The molecule has 4 heteroatoms. The van der Waals surface area contributed by atoms with Crippen LogP contribution < -0.4 is 0 Å². The lowest BCUT2D eigenvalue weighted by Crippen LogP contribution is -2.15. The normalized spacial score (nSPS) is 17.7. The number of amides is 1. The van der Waals surface area contributed by atoms with Gasteiger partial charge in [0.15, 0.2) is 5.78 Å². The van der Waals surface area contributed by atoms with Gasteiger partial charge in [-0.3, -0.25) is 9.59 Å². The van der Waals surface area contributed by atoms with Gasteiger partial charge in [0.25, 0.3) is 5.91 Å². The van der Waals surface area contributed by atoms with E-state index < -0.39 is 0 Å². The lowest BCUT2D eigenvalue weighted by molar-refractivity contribution is -0.111. The van der Waals surface area contributed by atoms with E-state index in [-0.39, 0.29) is 11.7 Å². The van der Waals surface area contributed by atoms with Crippen molar-refractivity contribution in [2.75, 3.05) is 0 Å². The fourth-order valence-electron chi connectivity index (χ4n) is 1.71. The molecule has 2 rings (SSSR count). The third-order valence-electron chi connectivity index (χ3n) is 2.87. The molecule has 1 aliphatic rings. The molecular formula is C15H12BrNO2. The molecule has 0 N–H and O–H groups in total. The average molecular weight is 318 g/mol. The Morgan fingerprint density at radius 2 is 1.79 bits per heavy atom. The number of aliphatic imine (C=N–C) groups is 1. The van der Waals surface area contributed by atoms with Gasteiger partial charge in [0.05, 0.1) is 10.2 Å². The second kappa shape index (κ2) is 5.45. The van der Waals surface area contributed by atoms with Gasteiger partial charge in [-0.2, -0.15) is 0 Å². The maximum atomic E-state index is 12.0. The fraction of sp³-hybridized carbons (Fsp3) is 0.133. The molecule has 3 nitrogen and oxygen atoms in total. The summed E-state index contributed by atoms with van der Waals surface area (Å²) in [7, 11) is 0. The first-order valence-electron chi connectivity index (χ1n) is 5.78. The summed E-state index contributed by atoms with van der Waals surface area (Å²) < 4.78 is 0.465. The van der Waals surface area contributed by atoms with E-state index >= 15 is 0 Å². The van der Waals surface area contributed by atoms with Crippen LogP contribution in [-0.4, -0.2) is 17.4 Å². The Labute approximate surface area is 119 Å². The van der Waals surface area contributed by atoms with Crippen LogP contribution in [-0.2, 0) is 4.79 Å². The van der Waals surface area contributed by atoms with E-state index in [1.54, 1.807) is 44.2 Å². The Morgan fingerprint density at radius 1 is 1.16 bits per heavy atom. The number of benzene rings is 1. The number of rotatable bonds is 1. The van der Waals surface area contributed by atoms with E-state index in [2.05, 4.69) is 20.9 Å². The topological polar surface area (TPSA) is 46.5 Å². The van der Waals surface area contributed by atoms with Crippen LogP contribution in [0.25, 0.3) is 0 Å². The van der Waals surface area contributed by atoms with Crippen LogP contribution in [0.4, 0.5) is 0 Å². The van der Waals surface area contributed by atoms with E-state index in [1.165, 1.54) is 0 Å². The maximum Gasteiger partial charge on any atom is 0.277 e. The smallest absolute Gasteiger partial charge is 0.277 e. The lowest BCUT2D eigenvalue weighted by Gasteiger charge is -2.12.